The molecule has 2 aromatic rings. The average molecular weight is 499 g/mol. The van der Waals surface area contributed by atoms with Crippen LogP contribution in [0.3, 0.4) is 0 Å². The number of carboxylic acids is 1. The Morgan fingerprint density at radius 1 is 1.17 bits per heavy atom. The molecular weight excluding hydrogens is 463 g/mol. The van der Waals surface area contributed by atoms with Gasteiger partial charge in [0.05, 0.1) is 30.9 Å². The fraction of sp³-hybridized carbons (Fsp3) is 0.464. The van der Waals surface area contributed by atoms with Gasteiger partial charge in [-0.3, -0.25) is 4.79 Å². The Labute approximate surface area is 212 Å². The molecule has 1 N–H and O–H groups in total. The summed E-state index contributed by atoms with van der Waals surface area (Å²) >= 11 is 0. The number of aliphatic carboxylic acids is 1. The van der Waals surface area contributed by atoms with Gasteiger partial charge in [-0.2, -0.15) is 0 Å². The normalized spacial score (nSPS) is 24.2. The van der Waals surface area contributed by atoms with Crippen molar-refractivity contribution in [2.24, 2.45) is 5.92 Å². The molecule has 2 saturated heterocycles. The molecule has 8 heteroatoms. The van der Waals surface area contributed by atoms with Crippen molar-refractivity contribution in [2.45, 2.75) is 44.9 Å². The topological polar surface area (TPSA) is 71.5 Å². The number of carboxylic acid groups (broad SMARTS) is 1. The van der Waals surface area contributed by atoms with Crippen molar-refractivity contribution in [3.63, 3.8) is 0 Å². The fourth-order valence-corrected chi connectivity index (χ4v) is 5.16. The third kappa shape index (κ3) is 5.59. The van der Waals surface area contributed by atoms with E-state index in [-0.39, 0.29) is 36.4 Å². The first-order valence-electron chi connectivity index (χ1n) is 12.4. The van der Waals surface area contributed by atoms with Crippen molar-refractivity contribution in [1.82, 2.24) is 0 Å². The summed E-state index contributed by atoms with van der Waals surface area (Å²) in [5.74, 6) is 0.501. The number of hydrogen-bond acceptors (Lipinski definition) is 6. The summed E-state index contributed by atoms with van der Waals surface area (Å²) < 4.78 is 31.9. The van der Waals surface area contributed by atoms with Crippen LogP contribution in [-0.4, -0.2) is 62.7 Å². The molecule has 0 saturated carbocycles. The van der Waals surface area contributed by atoms with Gasteiger partial charge in [-0.15, -0.1) is 0 Å². The van der Waals surface area contributed by atoms with E-state index in [1.165, 1.54) is 6.07 Å². The number of piperidine rings is 1. The van der Waals surface area contributed by atoms with Gasteiger partial charge < -0.3 is 29.1 Å². The van der Waals surface area contributed by atoms with E-state index >= 15 is 0 Å². The zero-order valence-corrected chi connectivity index (χ0v) is 21.2. The van der Waals surface area contributed by atoms with Crippen LogP contribution in [0.1, 0.15) is 26.7 Å². The molecule has 7 nitrogen and oxygen atoms in total. The molecule has 4 atom stereocenters. The second-order valence-electron chi connectivity index (χ2n) is 9.47. The largest absolute Gasteiger partial charge is 0.494 e. The lowest BCUT2D eigenvalue weighted by Gasteiger charge is -2.38. The van der Waals surface area contributed by atoms with E-state index < -0.39 is 5.97 Å². The zero-order valence-electron chi connectivity index (χ0n) is 21.2. The molecular formula is C28H35FN2O5. The zero-order chi connectivity index (χ0) is 25.8. The molecule has 2 aromatic carbocycles. The van der Waals surface area contributed by atoms with Gasteiger partial charge in [-0.25, -0.2) is 4.39 Å². The van der Waals surface area contributed by atoms with Gasteiger partial charge in [-0.05, 0) is 48.9 Å². The molecule has 36 heavy (non-hydrogen) atoms. The lowest BCUT2D eigenvalue weighted by Crippen LogP contribution is -2.44. The molecule has 4 rings (SSSR count). The van der Waals surface area contributed by atoms with Crippen LogP contribution < -0.4 is 19.3 Å². The second-order valence-corrected chi connectivity index (χ2v) is 9.47. The molecule has 2 fully saturated rings. The predicted molar refractivity (Wildman–Crippen MR) is 138 cm³/mol. The number of anilines is 2. The van der Waals surface area contributed by atoms with Crippen molar-refractivity contribution in [3.8, 4) is 11.5 Å². The maximum atomic E-state index is 14.5. The third-order valence-corrected chi connectivity index (χ3v) is 7.08. The van der Waals surface area contributed by atoms with Crippen LogP contribution in [0.2, 0.25) is 0 Å². The van der Waals surface area contributed by atoms with E-state index in [2.05, 4.69) is 18.4 Å². The first-order valence-corrected chi connectivity index (χ1v) is 12.4. The van der Waals surface area contributed by atoms with Crippen LogP contribution in [0.25, 0.3) is 0 Å². The van der Waals surface area contributed by atoms with Gasteiger partial charge in [0.1, 0.15) is 23.4 Å². The Morgan fingerprint density at radius 2 is 1.89 bits per heavy atom. The van der Waals surface area contributed by atoms with Gasteiger partial charge in [0, 0.05) is 50.8 Å². The number of methoxy groups -OCH3 is 1. The summed E-state index contributed by atoms with van der Waals surface area (Å²) in [5.41, 5.74) is 2.25. The minimum absolute atomic E-state index is 0.00873. The maximum Gasteiger partial charge on any atom is 0.305 e. The van der Waals surface area contributed by atoms with Gasteiger partial charge in [0.2, 0.25) is 0 Å². The number of rotatable bonds is 9. The monoisotopic (exact) mass is 498 g/mol. The highest BCUT2D eigenvalue weighted by Crippen LogP contribution is 2.34. The number of hydrogen-bond donors (Lipinski definition) is 1. The molecule has 0 bridgehead atoms. The van der Waals surface area contributed by atoms with E-state index in [0.29, 0.717) is 37.7 Å². The quantitative estimate of drug-likeness (QED) is 0.500. The van der Waals surface area contributed by atoms with Crippen LogP contribution in [0.15, 0.2) is 54.6 Å². The summed E-state index contributed by atoms with van der Waals surface area (Å²) in [6.07, 6.45) is 0.551. The number of ether oxygens (including phenoxy) is 3. The van der Waals surface area contributed by atoms with E-state index in [1.54, 1.807) is 19.2 Å². The predicted octanol–water partition coefficient (Wildman–Crippen LogP) is 4.75. The lowest BCUT2D eigenvalue weighted by molar-refractivity contribution is -0.137. The van der Waals surface area contributed by atoms with Crippen LogP contribution in [0.4, 0.5) is 15.8 Å². The van der Waals surface area contributed by atoms with Crippen molar-refractivity contribution in [1.29, 1.82) is 0 Å². The Hall–Kier alpha value is -3.26. The molecule has 0 spiro atoms. The van der Waals surface area contributed by atoms with Gasteiger partial charge in [0.15, 0.2) is 0 Å². The van der Waals surface area contributed by atoms with Crippen molar-refractivity contribution >= 4 is 17.3 Å². The molecule has 0 amide bonds. The molecule has 2 unspecified atom stereocenters. The number of carbonyl (C=O) groups is 1. The molecule has 0 radical (unpaired) electrons. The van der Waals surface area contributed by atoms with Gasteiger partial charge in [-0.1, -0.05) is 13.5 Å². The molecule has 0 aromatic heterocycles. The van der Waals surface area contributed by atoms with Crippen molar-refractivity contribution in [2.75, 3.05) is 43.2 Å². The minimum Gasteiger partial charge on any atom is -0.494 e. The Balaban J connectivity index is 1.40. The van der Waals surface area contributed by atoms with E-state index in [0.717, 1.165) is 23.4 Å². The maximum absolute atomic E-state index is 14.5. The summed E-state index contributed by atoms with van der Waals surface area (Å²) in [7, 11) is 1.62. The van der Waals surface area contributed by atoms with Crippen LogP contribution >= 0.6 is 0 Å². The second kappa shape index (κ2) is 11.2. The van der Waals surface area contributed by atoms with Gasteiger partial charge in [0.25, 0.3) is 0 Å². The Kier molecular flexibility index (Phi) is 8.04. The van der Waals surface area contributed by atoms with Crippen molar-refractivity contribution < 1.29 is 28.5 Å². The Morgan fingerprint density at radius 3 is 2.53 bits per heavy atom. The SMILES string of the molecule is C=C1[C@@H](OC)CN(c2ccc(OC3CCN(c4cc(OCC)ccc4F)CC3C)cc2)[C@H]1CC(=O)O. The van der Waals surface area contributed by atoms with Crippen molar-refractivity contribution in [3.05, 3.63) is 60.4 Å². The summed E-state index contributed by atoms with van der Waals surface area (Å²) in [4.78, 5) is 15.5. The van der Waals surface area contributed by atoms with Crippen LogP contribution in [-0.2, 0) is 9.53 Å². The standard InChI is InChI=1S/C28H35FN2O5/c1-5-35-22-10-11-23(29)25(14-22)30-13-12-26(18(2)16-30)36-21-8-6-20(7-9-21)31-17-27(34-4)19(3)24(31)15-28(32)33/h6-11,14,18,24,26-27H,3,5,12-13,15-17H2,1-2,4H3,(H,32,33)/t18?,24-,26?,27-/m0/s1. The number of halogens is 1. The van der Waals surface area contributed by atoms with E-state index in [4.69, 9.17) is 14.2 Å². The van der Waals surface area contributed by atoms with Crippen LogP contribution in [0.5, 0.6) is 11.5 Å². The van der Waals surface area contributed by atoms with Crippen LogP contribution in [0, 0.1) is 11.7 Å². The number of nitrogens with zero attached hydrogens (tertiary/aromatic N) is 2. The molecule has 194 valence electrons. The molecule has 2 aliphatic heterocycles. The lowest BCUT2D eigenvalue weighted by atomic mass is 9.95. The summed E-state index contributed by atoms with van der Waals surface area (Å²) in [6, 6.07) is 12.3. The molecule has 0 aliphatic carbocycles. The van der Waals surface area contributed by atoms with E-state index in [1.807, 2.05) is 36.1 Å². The highest BCUT2D eigenvalue weighted by Gasteiger charge is 2.37. The Bertz CT molecular complexity index is 1080. The highest BCUT2D eigenvalue weighted by molar-refractivity contribution is 5.70. The fourth-order valence-electron chi connectivity index (χ4n) is 5.16. The highest BCUT2D eigenvalue weighted by atomic mass is 19.1. The third-order valence-electron chi connectivity index (χ3n) is 7.08. The first kappa shape index (κ1) is 25.8. The number of benzene rings is 2. The van der Waals surface area contributed by atoms with E-state index in [9.17, 15) is 14.3 Å². The smallest absolute Gasteiger partial charge is 0.305 e. The average Bonchev–Trinajstić information content (AvgIpc) is 3.17. The summed E-state index contributed by atoms with van der Waals surface area (Å²) in [5, 5.41) is 9.35. The molecule has 2 aliphatic rings. The summed E-state index contributed by atoms with van der Waals surface area (Å²) in [6.45, 7) is 10.6. The molecule has 2 heterocycles. The van der Waals surface area contributed by atoms with Gasteiger partial charge >= 0.3 is 5.97 Å². The minimum atomic E-state index is -0.868. The first-order chi connectivity index (χ1) is 17.3.